The summed E-state index contributed by atoms with van der Waals surface area (Å²) in [7, 11) is 0. The number of aromatic nitrogens is 5. The van der Waals surface area contributed by atoms with Crippen molar-refractivity contribution in [3.8, 4) is 0 Å². The number of nitrogens with two attached hydrogens (primary N) is 1. The Balaban J connectivity index is 1.57. The lowest BCUT2D eigenvalue weighted by atomic mass is 10.1. The molecular formula is C18H15ClN6. The van der Waals surface area contributed by atoms with E-state index >= 15 is 0 Å². The molecule has 25 heavy (non-hydrogen) atoms. The lowest BCUT2D eigenvalue weighted by molar-refractivity contribution is 0.750. The Labute approximate surface area is 149 Å². The van der Waals surface area contributed by atoms with Gasteiger partial charge in [-0.25, -0.2) is 15.0 Å². The highest BCUT2D eigenvalue weighted by Gasteiger charge is 2.13. The van der Waals surface area contributed by atoms with Gasteiger partial charge >= 0.3 is 0 Å². The molecule has 7 heteroatoms. The van der Waals surface area contributed by atoms with Gasteiger partial charge in [0.05, 0.1) is 10.7 Å². The van der Waals surface area contributed by atoms with E-state index in [2.05, 4.69) is 24.9 Å². The molecule has 0 aromatic carbocycles. The predicted octanol–water partition coefficient (Wildman–Crippen LogP) is 3.04. The van der Waals surface area contributed by atoms with Crippen LogP contribution in [-0.4, -0.2) is 24.9 Å². The van der Waals surface area contributed by atoms with Gasteiger partial charge in [-0.3, -0.25) is 4.98 Å². The van der Waals surface area contributed by atoms with Gasteiger partial charge in [-0.05, 0) is 29.3 Å². The van der Waals surface area contributed by atoms with Gasteiger partial charge in [0.25, 0.3) is 0 Å². The lowest BCUT2D eigenvalue weighted by Crippen LogP contribution is -2.16. The van der Waals surface area contributed by atoms with Gasteiger partial charge in [-0.1, -0.05) is 17.7 Å². The first-order chi connectivity index (χ1) is 12.2. The SMILES string of the molecule is NC(c1ccccn1)c1ncc(Cc2c[nH]c3ncc(Cl)cc23)cn1. The van der Waals surface area contributed by atoms with E-state index in [1.54, 1.807) is 24.8 Å². The molecule has 0 aliphatic carbocycles. The van der Waals surface area contributed by atoms with E-state index in [-0.39, 0.29) is 0 Å². The highest BCUT2D eigenvalue weighted by molar-refractivity contribution is 6.31. The van der Waals surface area contributed by atoms with Crippen molar-refractivity contribution in [3.63, 3.8) is 0 Å². The number of pyridine rings is 2. The standard InChI is InChI=1S/C18H15ClN6/c19-13-6-14-12(9-24-17(14)25-10-13)5-11-7-22-18(23-8-11)16(20)15-3-1-2-4-21-15/h1-4,6-10,16H,5,20H2,(H,24,25). The summed E-state index contributed by atoms with van der Waals surface area (Å²) in [6.45, 7) is 0. The van der Waals surface area contributed by atoms with Gasteiger partial charge in [-0.15, -0.1) is 0 Å². The van der Waals surface area contributed by atoms with Gasteiger partial charge in [0.15, 0.2) is 5.82 Å². The van der Waals surface area contributed by atoms with Crippen LogP contribution >= 0.6 is 11.6 Å². The van der Waals surface area contributed by atoms with Gasteiger partial charge in [0.1, 0.15) is 11.7 Å². The molecule has 0 aliphatic heterocycles. The molecule has 4 heterocycles. The number of hydrogen-bond acceptors (Lipinski definition) is 5. The molecule has 0 radical (unpaired) electrons. The van der Waals surface area contributed by atoms with E-state index < -0.39 is 6.04 Å². The molecule has 4 aromatic rings. The lowest BCUT2D eigenvalue weighted by Gasteiger charge is -2.09. The van der Waals surface area contributed by atoms with Crippen LogP contribution in [0, 0.1) is 0 Å². The Morgan fingerprint density at radius 2 is 1.92 bits per heavy atom. The molecule has 0 bridgehead atoms. The van der Waals surface area contributed by atoms with Gasteiger partial charge in [0, 0.05) is 42.8 Å². The summed E-state index contributed by atoms with van der Waals surface area (Å²) in [6, 6.07) is 7.08. The first-order valence-corrected chi connectivity index (χ1v) is 8.17. The number of aromatic amines is 1. The number of fused-ring (bicyclic) bond motifs is 1. The van der Waals surface area contributed by atoms with Crippen LogP contribution in [0.5, 0.6) is 0 Å². The highest BCUT2D eigenvalue weighted by Crippen LogP contribution is 2.22. The number of rotatable bonds is 4. The third kappa shape index (κ3) is 3.22. The predicted molar refractivity (Wildman–Crippen MR) is 96.2 cm³/mol. The molecule has 3 N–H and O–H groups in total. The van der Waals surface area contributed by atoms with Crippen molar-refractivity contribution >= 4 is 22.6 Å². The minimum absolute atomic E-state index is 0.439. The van der Waals surface area contributed by atoms with E-state index in [9.17, 15) is 0 Å². The molecule has 4 rings (SSSR count). The Hall–Kier alpha value is -2.83. The second-order valence-electron chi connectivity index (χ2n) is 5.72. The summed E-state index contributed by atoms with van der Waals surface area (Å²) in [5, 5.41) is 1.61. The van der Waals surface area contributed by atoms with Gasteiger partial charge in [-0.2, -0.15) is 0 Å². The summed E-state index contributed by atoms with van der Waals surface area (Å²) in [6.07, 6.45) is 9.54. The topological polar surface area (TPSA) is 93.4 Å². The maximum absolute atomic E-state index is 6.18. The van der Waals surface area contributed by atoms with Gasteiger partial charge in [0.2, 0.25) is 0 Å². The van der Waals surface area contributed by atoms with Crippen molar-refractivity contribution in [1.29, 1.82) is 0 Å². The van der Waals surface area contributed by atoms with E-state index in [1.165, 1.54) is 0 Å². The fraction of sp³-hybridized carbons (Fsp3) is 0.111. The molecule has 0 fully saturated rings. The third-order valence-corrected chi connectivity index (χ3v) is 4.19. The second-order valence-corrected chi connectivity index (χ2v) is 6.16. The number of hydrogen-bond donors (Lipinski definition) is 2. The number of nitrogens with one attached hydrogen (secondary N) is 1. The fourth-order valence-corrected chi connectivity index (χ4v) is 2.87. The van der Waals surface area contributed by atoms with E-state index in [1.807, 2.05) is 30.5 Å². The van der Waals surface area contributed by atoms with Crippen molar-refractivity contribution in [1.82, 2.24) is 24.9 Å². The maximum Gasteiger partial charge on any atom is 0.151 e. The normalized spacial score (nSPS) is 12.4. The monoisotopic (exact) mass is 350 g/mol. The van der Waals surface area contributed by atoms with Crippen molar-refractivity contribution in [3.05, 3.63) is 82.9 Å². The second kappa shape index (κ2) is 6.58. The quantitative estimate of drug-likeness (QED) is 0.590. The average Bonchev–Trinajstić information content (AvgIpc) is 3.04. The van der Waals surface area contributed by atoms with Crippen molar-refractivity contribution < 1.29 is 0 Å². The molecule has 0 saturated heterocycles. The van der Waals surface area contributed by atoms with Crippen molar-refractivity contribution in [2.45, 2.75) is 12.5 Å². The molecule has 0 saturated carbocycles. The molecule has 1 atom stereocenters. The molecule has 1 unspecified atom stereocenters. The molecular weight excluding hydrogens is 336 g/mol. The summed E-state index contributed by atoms with van der Waals surface area (Å²) in [4.78, 5) is 20.5. The van der Waals surface area contributed by atoms with Crippen molar-refractivity contribution in [2.24, 2.45) is 5.73 Å². The number of halogens is 1. The van der Waals surface area contributed by atoms with Crippen LogP contribution in [-0.2, 0) is 6.42 Å². The van der Waals surface area contributed by atoms with Crippen LogP contribution in [0.25, 0.3) is 11.0 Å². The van der Waals surface area contributed by atoms with Gasteiger partial charge < -0.3 is 10.7 Å². The molecule has 0 amide bonds. The first kappa shape index (κ1) is 15.7. The summed E-state index contributed by atoms with van der Waals surface area (Å²) in [5.41, 5.74) is 9.81. The minimum atomic E-state index is -0.439. The maximum atomic E-state index is 6.18. The largest absolute Gasteiger partial charge is 0.346 e. The van der Waals surface area contributed by atoms with Crippen LogP contribution in [0.4, 0.5) is 0 Å². The molecule has 6 nitrogen and oxygen atoms in total. The molecule has 4 aromatic heterocycles. The van der Waals surface area contributed by atoms with Crippen molar-refractivity contribution in [2.75, 3.05) is 0 Å². The minimum Gasteiger partial charge on any atom is -0.346 e. The molecule has 0 aliphatic rings. The van der Waals surface area contributed by atoms with E-state index in [4.69, 9.17) is 17.3 Å². The van der Waals surface area contributed by atoms with Crippen LogP contribution < -0.4 is 5.73 Å². The first-order valence-electron chi connectivity index (χ1n) is 7.79. The third-order valence-electron chi connectivity index (χ3n) is 3.99. The fourth-order valence-electron chi connectivity index (χ4n) is 2.71. The van der Waals surface area contributed by atoms with Crippen LogP contribution in [0.3, 0.4) is 0 Å². The zero-order valence-corrected chi connectivity index (χ0v) is 14.0. The van der Waals surface area contributed by atoms with Crippen LogP contribution in [0.15, 0.2) is 55.2 Å². The van der Waals surface area contributed by atoms with E-state index in [0.717, 1.165) is 27.9 Å². The summed E-state index contributed by atoms with van der Waals surface area (Å²) < 4.78 is 0. The number of H-pyrrole nitrogens is 1. The highest BCUT2D eigenvalue weighted by atomic mass is 35.5. The Morgan fingerprint density at radius 3 is 2.68 bits per heavy atom. The Morgan fingerprint density at radius 1 is 1.08 bits per heavy atom. The zero-order valence-electron chi connectivity index (χ0n) is 13.2. The summed E-state index contributed by atoms with van der Waals surface area (Å²) in [5.74, 6) is 0.547. The number of nitrogens with zero attached hydrogens (tertiary/aromatic N) is 4. The zero-order chi connectivity index (χ0) is 17.2. The Kier molecular flexibility index (Phi) is 4.13. The van der Waals surface area contributed by atoms with Crippen LogP contribution in [0.1, 0.15) is 28.7 Å². The van der Waals surface area contributed by atoms with E-state index in [0.29, 0.717) is 17.3 Å². The average molecular weight is 351 g/mol. The molecule has 124 valence electrons. The smallest absolute Gasteiger partial charge is 0.151 e. The molecule has 0 spiro atoms. The summed E-state index contributed by atoms with van der Waals surface area (Å²) >= 11 is 6.04. The van der Waals surface area contributed by atoms with Crippen LogP contribution in [0.2, 0.25) is 5.02 Å². The Bertz CT molecular complexity index is 997.